The van der Waals surface area contributed by atoms with Crippen molar-refractivity contribution in [2.75, 3.05) is 17.7 Å². The first-order valence-electron chi connectivity index (χ1n) is 7.95. The lowest BCUT2D eigenvalue weighted by atomic mass is 10.2. The molecular formula is C19H18N4O3. The van der Waals surface area contributed by atoms with Gasteiger partial charge in [-0.05, 0) is 30.7 Å². The van der Waals surface area contributed by atoms with Crippen LogP contribution in [0.25, 0.3) is 5.69 Å². The van der Waals surface area contributed by atoms with E-state index in [1.165, 1.54) is 7.11 Å². The van der Waals surface area contributed by atoms with Crippen LogP contribution in [0.2, 0.25) is 0 Å². The SMILES string of the molecule is COc1cccc(NC(=O)C(=O)Nc2ccnn2-c2ccccc2C)c1. The first-order chi connectivity index (χ1) is 12.6. The zero-order valence-corrected chi connectivity index (χ0v) is 14.4. The lowest BCUT2D eigenvalue weighted by Crippen LogP contribution is -2.30. The Morgan fingerprint density at radius 1 is 1.00 bits per heavy atom. The molecule has 2 N–H and O–H groups in total. The van der Waals surface area contributed by atoms with Crippen LogP contribution in [0.3, 0.4) is 0 Å². The summed E-state index contributed by atoms with van der Waals surface area (Å²) in [4.78, 5) is 24.4. The van der Waals surface area contributed by atoms with E-state index >= 15 is 0 Å². The Labute approximate surface area is 150 Å². The number of nitrogens with zero attached hydrogens (tertiary/aromatic N) is 2. The van der Waals surface area contributed by atoms with Gasteiger partial charge in [-0.3, -0.25) is 9.59 Å². The number of anilines is 2. The number of rotatable bonds is 4. The van der Waals surface area contributed by atoms with Gasteiger partial charge in [0.15, 0.2) is 0 Å². The largest absolute Gasteiger partial charge is 0.497 e. The predicted octanol–water partition coefficient (Wildman–Crippen LogP) is 2.77. The minimum atomic E-state index is -0.789. The first-order valence-corrected chi connectivity index (χ1v) is 7.95. The number of nitrogens with one attached hydrogen (secondary N) is 2. The molecule has 0 saturated carbocycles. The van der Waals surface area contributed by atoms with Crippen molar-refractivity contribution < 1.29 is 14.3 Å². The number of para-hydroxylation sites is 1. The Morgan fingerprint density at radius 2 is 1.77 bits per heavy atom. The number of carbonyl (C=O) groups is 2. The maximum atomic E-state index is 12.2. The third-order valence-corrected chi connectivity index (χ3v) is 3.76. The Bertz CT molecular complexity index is 949. The minimum Gasteiger partial charge on any atom is -0.497 e. The molecule has 3 rings (SSSR count). The number of benzene rings is 2. The molecule has 2 amide bonds. The fourth-order valence-corrected chi connectivity index (χ4v) is 2.45. The normalized spacial score (nSPS) is 10.2. The number of ether oxygens (including phenoxy) is 1. The summed E-state index contributed by atoms with van der Waals surface area (Å²) in [6.07, 6.45) is 1.56. The third kappa shape index (κ3) is 3.72. The second-order valence-corrected chi connectivity index (χ2v) is 5.55. The van der Waals surface area contributed by atoms with Crippen molar-refractivity contribution in [3.05, 3.63) is 66.4 Å². The van der Waals surface area contributed by atoms with Gasteiger partial charge in [-0.15, -0.1) is 0 Å². The highest BCUT2D eigenvalue weighted by Crippen LogP contribution is 2.19. The maximum absolute atomic E-state index is 12.2. The summed E-state index contributed by atoms with van der Waals surface area (Å²) >= 11 is 0. The molecule has 1 heterocycles. The van der Waals surface area contributed by atoms with Gasteiger partial charge in [0.05, 0.1) is 19.0 Å². The molecule has 0 fully saturated rings. The molecule has 0 saturated heterocycles. The summed E-state index contributed by atoms with van der Waals surface area (Å²) in [7, 11) is 1.53. The van der Waals surface area contributed by atoms with E-state index in [4.69, 9.17) is 4.74 Å². The van der Waals surface area contributed by atoms with Gasteiger partial charge in [0.2, 0.25) is 0 Å². The molecule has 1 aromatic heterocycles. The zero-order chi connectivity index (χ0) is 18.5. The van der Waals surface area contributed by atoms with E-state index in [1.54, 1.807) is 41.2 Å². The molecule has 0 spiro atoms. The molecule has 0 atom stereocenters. The van der Waals surface area contributed by atoms with Gasteiger partial charge in [0.25, 0.3) is 0 Å². The van der Waals surface area contributed by atoms with E-state index in [0.29, 0.717) is 17.3 Å². The van der Waals surface area contributed by atoms with Crippen LogP contribution < -0.4 is 15.4 Å². The van der Waals surface area contributed by atoms with Gasteiger partial charge < -0.3 is 15.4 Å². The van der Waals surface area contributed by atoms with Crippen molar-refractivity contribution in [3.63, 3.8) is 0 Å². The van der Waals surface area contributed by atoms with E-state index < -0.39 is 11.8 Å². The van der Waals surface area contributed by atoms with E-state index in [9.17, 15) is 9.59 Å². The van der Waals surface area contributed by atoms with Gasteiger partial charge >= 0.3 is 11.8 Å². The maximum Gasteiger partial charge on any atom is 0.315 e. The molecule has 0 aliphatic heterocycles. The topological polar surface area (TPSA) is 85.2 Å². The highest BCUT2D eigenvalue weighted by atomic mass is 16.5. The van der Waals surface area contributed by atoms with Gasteiger partial charge in [-0.25, -0.2) is 4.68 Å². The van der Waals surface area contributed by atoms with Crippen molar-refractivity contribution in [3.8, 4) is 11.4 Å². The minimum absolute atomic E-state index is 0.407. The molecular weight excluding hydrogens is 332 g/mol. The zero-order valence-electron chi connectivity index (χ0n) is 14.4. The van der Waals surface area contributed by atoms with E-state index in [1.807, 2.05) is 31.2 Å². The van der Waals surface area contributed by atoms with Crippen LogP contribution in [0.5, 0.6) is 5.75 Å². The summed E-state index contributed by atoms with van der Waals surface area (Å²) in [5, 5.41) is 9.34. The number of methoxy groups -OCH3 is 1. The molecule has 0 radical (unpaired) electrons. The lowest BCUT2D eigenvalue weighted by molar-refractivity contribution is -0.133. The number of aryl methyl sites for hydroxylation is 1. The predicted molar refractivity (Wildman–Crippen MR) is 98.6 cm³/mol. The van der Waals surface area contributed by atoms with Gasteiger partial charge in [0, 0.05) is 17.8 Å². The van der Waals surface area contributed by atoms with Crippen LogP contribution in [0, 0.1) is 6.92 Å². The molecule has 7 nitrogen and oxygen atoms in total. The third-order valence-electron chi connectivity index (χ3n) is 3.76. The number of aromatic nitrogens is 2. The second-order valence-electron chi connectivity index (χ2n) is 5.55. The average molecular weight is 350 g/mol. The van der Waals surface area contributed by atoms with Crippen LogP contribution in [-0.2, 0) is 9.59 Å². The molecule has 3 aromatic rings. The highest BCUT2D eigenvalue weighted by Gasteiger charge is 2.17. The molecule has 0 bridgehead atoms. The molecule has 26 heavy (non-hydrogen) atoms. The second kappa shape index (κ2) is 7.52. The smallest absolute Gasteiger partial charge is 0.315 e. The number of amides is 2. The van der Waals surface area contributed by atoms with Crippen molar-refractivity contribution in [2.45, 2.75) is 6.92 Å². The standard InChI is InChI=1S/C19H18N4O3/c1-13-6-3-4-9-16(13)23-17(10-11-20-23)22-19(25)18(24)21-14-7-5-8-15(12-14)26-2/h3-12H,1-2H3,(H,21,24)(H,22,25). The van der Waals surface area contributed by atoms with Crippen LogP contribution in [0.15, 0.2) is 60.8 Å². The summed E-state index contributed by atoms with van der Waals surface area (Å²) in [5.41, 5.74) is 2.28. The van der Waals surface area contributed by atoms with Crippen LogP contribution >= 0.6 is 0 Å². The number of carbonyl (C=O) groups excluding carboxylic acids is 2. The summed E-state index contributed by atoms with van der Waals surface area (Å²) in [5.74, 6) is -0.579. The lowest BCUT2D eigenvalue weighted by Gasteiger charge is -2.11. The van der Waals surface area contributed by atoms with Gasteiger partial charge in [0.1, 0.15) is 11.6 Å². The van der Waals surface area contributed by atoms with Crippen LogP contribution in [0.4, 0.5) is 11.5 Å². The Hall–Kier alpha value is -3.61. The van der Waals surface area contributed by atoms with Crippen molar-refractivity contribution in [2.24, 2.45) is 0 Å². The molecule has 0 unspecified atom stereocenters. The first kappa shape index (κ1) is 17.2. The molecule has 7 heteroatoms. The van der Waals surface area contributed by atoms with E-state index in [-0.39, 0.29) is 0 Å². The van der Waals surface area contributed by atoms with Gasteiger partial charge in [-0.2, -0.15) is 5.10 Å². The van der Waals surface area contributed by atoms with Crippen LogP contribution in [0.1, 0.15) is 5.56 Å². The fraction of sp³-hybridized carbons (Fsp3) is 0.105. The molecule has 2 aromatic carbocycles. The average Bonchev–Trinajstić information content (AvgIpc) is 3.10. The Balaban J connectivity index is 1.73. The van der Waals surface area contributed by atoms with Crippen molar-refractivity contribution >= 4 is 23.3 Å². The summed E-state index contributed by atoms with van der Waals surface area (Å²) < 4.78 is 6.67. The summed E-state index contributed by atoms with van der Waals surface area (Å²) in [6.45, 7) is 1.94. The molecule has 132 valence electrons. The summed E-state index contributed by atoms with van der Waals surface area (Å²) in [6, 6.07) is 16.0. The fourth-order valence-electron chi connectivity index (χ4n) is 2.45. The monoisotopic (exact) mass is 350 g/mol. The molecule has 0 aliphatic carbocycles. The van der Waals surface area contributed by atoms with Crippen LogP contribution in [-0.4, -0.2) is 28.7 Å². The quantitative estimate of drug-likeness (QED) is 0.709. The van der Waals surface area contributed by atoms with Crippen molar-refractivity contribution in [1.29, 1.82) is 0 Å². The van der Waals surface area contributed by atoms with Crippen molar-refractivity contribution in [1.82, 2.24) is 9.78 Å². The Morgan fingerprint density at radius 3 is 2.54 bits per heavy atom. The molecule has 0 aliphatic rings. The van der Waals surface area contributed by atoms with E-state index in [2.05, 4.69) is 15.7 Å². The number of hydrogen-bond donors (Lipinski definition) is 2. The number of hydrogen-bond acceptors (Lipinski definition) is 4. The van der Waals surface area contributed by atoms with Gasteiger partial charge in [-0.1, -0.05) is 24.3 Å². The highest BCUT2D eigenvalue weighted by molar-refractivity contribution is 6.43. The van der Waals surface area contributed by atoms with E-state index in [0.717, 1.165) is 11.3 Å². The Kier molecular flexibility index (Phi) is 4.98.